The summed E-state index contributed by atoms with van der Waals surface area (Å²) in [6.07, 6.45) is 2.67. The molecule has 0 aliphatic carbocycles. The summed E-state index contributed by atoms with van der Waals surface area (Å²) in [6.45, 7) is 2.68. The number of aromatic nitrogens is 3. The zero-order valence-electron chi connectivity index (χ0n) is 17.4. The number of urea groups is 1. The van der Waals surface area contributed by atoms with Crippen LogP contribution in [0.15, 0.2) is 53.7 Å². The summed E-state index contributed by atoms with van der Waals surface area (Å²) in [6, 6.07) is 12.8. The molecule has 3 aromatic rings. The zero-order chi connectivity index (χ0) is 22.5. The monoisotopic (exact) mass is 471 g/mol. The molecule has 2 amide bonds. The number of aromatic amines is 1. The Kier molecular flexibility index (Phi) is 5.17. The maximum absolute atomic E-state index is 12.6. The third-order valence-corrected chi connectivity index (χ3v) is 7.53. The number of halogens is 1. The van der Waals surface area contributed by atoms with Gasteiger partial charge in [0.25, 0.3) is 0 Å². The molecule has 2 saturated heterocycles. The van der Waals surface area contributed by atoms with Crippen molar-refractivity contribution in [2.75, 3.05) is 32.4 Å². The Bertz CT molecular complexity index is 1250. The van der Waals surface area contributed by atoms with Gasteiger partial charge < -0.3 is 9.80 Å². The lowest BCUT2D eigenvalue weighted by molar-refractivity contribution is 0.0835. The SMILES string of the molecule is CS(=O)(=O)c1cc(Cl)ccc1-c1ccc(C2CN(C(=O)N3CC(c4ncn[nH]4)C3)C2)cc1. The summed E-state index contributed by atoms with van der Waals surface area (Å²) in [5.41, 5.74) is 2.58. The topological polar surface area (TPSA) is 99.3 Å². The molecule has 10 heteroatoms. The van der Waals surface area contributed by atoms with Gasteiger partial charge in [-0.2, -0.15) is 5.10 Å². The molecule has 166 valence electrons. The van der Waals surface area contributed by atoms with Crippen LogP contribution in [0.5, 0.6) is 0 Å². The molecule has 32 heavy (non-hydrogen) atoms. The average molecular weight is 472 g/mol. The lowest BCUT2D eigenvalue weighted by Crippen LogP contribution is -2.59. The van der Waals surface area contributed by atoms with Gasteiger partial charge in [0.2, 0.25) is 0 Å². The van der Waals surface area contributed by atoms with E-state index in [1.165, 1.54) is 18.6 Å². The summed E-state index contributed by atoms with van der Waals surface area (Å²) in [7, 11) is -3.41. The minimum atomic E-state index is -3.41. The number of amides is 2. The van der Waals surface area contributed by atoms with E-state index in [-0.39, 0.29) is 22.8 Å². The third-order valence-electron chi connectivity index (χ3n) is 6.16. The van der Waals surface area contributed by atoms with Gasteiger partial charge in [-0.15, -0.1) is 0 Å². The van der Waals surface area contributed by atoms with E-state index in [4.69, 9.17) is 11.6 Å². The molecule has 0 radical (unpaired) electrons. The molecule has 0 atom stereocenters. The molecule has 3 heterocycles. The van der Waals surface area contributed by atoms with Gasteiger partial charge in [0.15, 0.2) is 9.84 Å². The van der Waals surface area contributed by atoms with Crippen LogP contribution in [0.25, 0.3) is 11.1 Å². The number of carbonyl (C=O) groups excluding carboxylic acids is 1. The minimum absolute atomic E-state index is 0.0626. The van der Waals surface area contributed by atoms with Crippen LogP contribution in [0.4, 0.5) is 4.79 Å². The molecule has 0 bridgehead atoms. The Morgan fingerprint density at radius 2 is 1.69 bits per heavy atom. The van der Waals surface area contributed by atoms with E-state index in [1.807, 2.05) is 34.1 Å². The largest absolute Gasteiger partial charge is 0.323 e. The van der Waals surface area contributed by atoms with Gasteiger partial charge >= 0.3 is 6.03 Å². The first-order chi connectivity index (χ1) is 15.3. The van der Waals surface area contributed by atoms with Crippen LogP contribution in [-0.2, 0) is 9.84 Å². The summed E-state index contributed by atoms with van der Waals surface area (Å²) in [5.74, 6) is 1.34. The van der Waals surface area contributed by atoms with Crippen molar-refractivity contribution in [3.8, 4) is 11.1 Å². The van der Waals surface area contributed by atoms with Gasteiger partial charge in [0.1, 0.15) is 12.2 Å². The molecular formula is C22H22ClN5O3S. The number of nitrogens with zero attached hydrogens (tertiary/aromatic N) is 4. The first-order valence-corrected chi connectivity index (χ1v) is 12.6. The van der Waals surface area contributed by atoms with Crippen LogP contribution >= 0.6 is 11.6 Å². The highest BCUT2D eigenvalue weighted by Crippen LogP contribution is 2.34. The number of hydrogen-bond donors (Lipinski definition) is 1. The van der Waals surface area contributed by atoms with Gasteiger partial charge in [-0.25, -0.2) is 18.2 Å². The molecule has 2 aliphatic heterocycles. The van der Waals surface area contributed by atoms with Crippen molar-refractivity contribution in [1.29, 1.82) is 0 Å². The Labute approximate surface area is 191 Å². The smallest absolute Gasteiger partial charge is 0.320 e. The van der Waals surface area contributed by atoms with Crippen molar-refractivity contribution in [3.05, 3.63) is 65.2 Å². The first-order valence-electron chi connectivity index (χ1n) is 10.3. The van der Waals surface area contributed by atoms with E-state index >= 15 is 0 Å². The Morgan fingerprint density at radius 1 is 1.03 bits per heavy atom. The number of benzene rings is 2. The number of carbonyl (C=O) groups is 1. The van der Waals surface area contributed by atoms with Crippen molar-refractivity contribution in [2.45, 2.75) is 16.7 Å². The minimum Gasteiger partial charge on any atom is -0.323 e. The van der Waals surface area contributed by atoms with Gasteiger partial charge in [0.05, 0.1) is 10.8 Å². The zero-order valence-corrected chi connectivity index (χ0v) is 19.0. The van der Waals surface area contributed by atoms with E-state index in [1.54, 1.807) is 12.1 Å². The highest BCUT2D eigenvalue weighted by molar-refractivity contribution is 7.90. The molecule has 0 spiro atoms. The van der Waals surface area contributed by atoms with E-state index in [0.717, 1.165) is 17.0 Å². The number of H-pyrrole nitrogens is 1. The standard InChI is InChI=1S/C22H22ClN5O3S/c1-32(30,31)20-8-18(23)6-7-19(20)15-4-2-14(3-5-15)16-9-27(10-16)22(29)28-11-17(12-28)21-24-13-25-26-21/h2-8,13,16-17H,9-12H2,1H3,(H,24,25,26). The number of nitrogens with one attached hydrogen (secondary N) is 1. The maximum atomic E-state index is 12.6. The van der Waals surface area contributed by atoms with Crippen LogP contribution in [0, 0.1) is 0 Å². The molecule has 0 saturated carbocycles. The van der Waals surface area contributed by atoms with Gasteiger partial charge in [0, 0.05) is 48.9 Å². The number of hydrogen-bond acceptors (Lipinski definition) is 5. The van der Waals surface area contributed by atoms with Crippen LogP contribution in [0.3, 0.4) is 0 Å². The van der Waals surface area contributed by atoms with Crippen molar-refractivity contribution in [2.24, 2.45) is 0 Å². The Morgan fingerprint density at radius 3 is 2.28 bits per heavy atom. The molecule has 5 rings (SSSR count). The highest BCUT2D eigenvalue weighted by Gasteiger charge is 2.40. The highest BCUT2D eigenvalue weighted by atomic mass is 35.5. The molecule has 1 aromatic heterocycles. The maximum Gasteiger partial charge on any atom is 0.320 e. The van der Waals surface area contributed by atoms with Crippen molar-refractivity contribution in [1.82, 2.24) is 25.0 Å². The Hall–Kier alpha value is -2.91. The number of likely N-dealkylation sites (tertiary alicyclic amines) is 2. The predicted molar refractivity (Wildman–Crippen MR) is 120 cm³/mol. The molecule has 0 unspecified atom stereocenters. The first kappa shape index (κ1) is 21.0. The fraction of sp³-hybridized carbons (Fsp3) is 0.318. The van der Waals surface area contributed by atoms with E-state index in [2.05, 4.69) is 15.2 Å². The molecular weight excluding hydrogens is 450 g/mol. The lowest BCUT2D eigenvalue weighted by atomic mass is 9.90. The van der Waals surface area contributed by atoms with Crippen LogP contribution in [0.1, 0.15) is 23.2 Å². The van der Waals surface area contributed by atoms with Crippen LogP contribution < -0.4 is 0 Å². The summed E-state index contributed by atoms with van der Waals surface area (Å²) in [4.78, 5) is 20.7. The number of rotatable bonds is 4. The van der Waals surface area contributed by atoms with E-state index in [9.17, 15) is 13.2 Å². The second-order valence-electron chi connectivity index (χ2n) is 8.39. The Balaban J connectivity index is 1.21. The lowest BCUT2D eigenvalue weighted by Gasteiger charge is -2.46. The fourth-order valence-corrected chi connectivity index (χ4v) is 5.40. The van der Waals surface area contributed by atoms with E-state index in [0.29, 0.717) is 36.8 Å². The normalized spacial score (nSPS) is 17.2. The van der Waals surface area contributed by atoms with Gasteiger partial charge in [-0.05, 0) is 23.3 Å². The molecule has 2 aliphatic rings. The summed E-state index contributed by atoms with van der Waals surface area (Å²) < 4.78 is 24.3. The second-order valence-corrected chi connectivity index (χ2v) is 10.8. The van der Waals surface area contributed by atoms with Crippen molar-refractivity contribution >= 4 is 27.5 Å². The van der Waals surface area contributed by atoms with Crippen molar-refractivity contribution < 1.29 is 13.2 Å². The average Bonchev–Trinajstić information content (AvgIpc) is 3.20. The van der Waals surface area contributed by atoms with Gasteiger partial charge in [-0.3, -0.25) is 5.10 Å². The van der Waals surface area contributed by atoms with Gasteiger partial charge in [-0.1, -0.05) is 41.9 Å². The van der Waals surface area contributed by atoms with Crippen LogP contribution in [-0.4, -0.2) is 71.9 Å². The predicted octanol–water partition coefficient (Wildman–Crippen LogP) is 3.15. The summed E-state index contributed by atoms with van der Waals surface area (Å²) >= 11 is 6.01. The quantitative estimate of drug-likeness (QED) is 0.630. The fourth-order valence-electron chi connectivity index (χ4n) is 4.24. The van der Waals surface area contributed by atoms with Crippen molar-refractivity contribution in [3.63, 3.8) is 0 Å². The third kappa shape index (κ3) is 3.86. The van der Waals surface area contributed by atoms with Crippen LogP contribution in [0.2, 0.25) is 5.02 Å². The summed E-state index contributed by atoms with van der Waals surface area (Å²) in [5, 5.41) is 7.11. The molecule has 8 nitrogen and oxygen atoms in total. The molecule has 2 aromatic carbocycles. The number of sulfone groups is 1. The molecule has 1 N–H and O–H groups in total. The molecule has 2 fully saturated rings. The second kappa shape index (κ2) is 7.90. The van der Waals surface area contributed by atoms with E-state index < -0.39 is 9.84 Å².